The highest BCUT2D eigenvalue weighted by molar-refractivity contribution is 5.77. The van der Waals surface area contributed by atoms with Crippen molar-refractivity contribution >= 4 is 11.9 Å². The number of ether oxygens (including phenoxy) is 1. The maximum absolute atomic E-state index is 13.2. The lowest BCUT2D eigenvalue weighted by molar-refractivity contribution is -0.150. The van der Waals surface area contributed by atoms with E-state index in [1.54, 1.807) is 0 Å². The summed E-state index contributed by atoms with van der Waals surface area (Å²) in [5.41, 5.74) is 0. The van der Waals surface area contributed by atoms with Crippen LogP contribution in [0.5, 0.6) is 0 Å². The molecular formula is C53H95NO5. The second-order valence-corrected chi connectivity index (χ2v) is 16.9. The molecule has 0 spiro atoms. The monoisotopic (exact) mass is 826 g/mol. The second-order valence-electron chi connectivity index (χ2n) is 16.9. The minimum Gasteiger partial charge on any atom is -0.461 e. The van der Waals surface area contributed by atoms with Crippen LogP contribution in [0.25, 0.3) is 0 Å². The van der Waals surface area contributed by atoms with Gasteiger partial charge in [-0.15, -0.1) is 0 Å². The Balaban J connectivity index is 4.73. The summed E-state index contributed by atoms with van der Waals surface area (Å²) in [6, 6.07) is -0.731. The summed E-state index contributed by atoms with van der Waals surface area (Å²) in [4.78, 5) is 26.1. The van der Waals surface area contributed by atoms with Gasteiger partial charge in [0.1, 0.15) is 6.10 Å². The molecule has 0 aromatic rings. The normalized spacial score (nSPS) is 13.8. The Kier molecular flexibility index (Phi) is 44.7. The average molecular weight is 826 g/mol. The van der Waals surface area contributed by atoms with E-state index in [-0.39, 0.29) is 24.9 Å². The number of esters is 1. The number of rotatable bonds is 44. The summed E-state index contributed by atoms with van der Waals surface area (Å²) in [5, 5.41) is 23.7. The van der Waals surface area contributed by atoms with Gasteiger partial charge in [0.05, 0.1) is 25.2 Å². The molecule has 0 aliphatic rings. The molecule has 0 saturated heterocycles. The molecule has 6 nitrogen and oxygen atoms in total. The zero-order valence-electron chi connectivity index (χ0n) is 38.9. The van der Waals surface area contributed by atoms with Gasteiger partial charge >= 0.3 is 5.97 Å². The van der Waals surface area contributed by atoms with E-state index in [4.69, 9.17) is 4.74 Å². The Hall–Kier alpha value is -2.44. The summed E-state index contributed by atoms with van der Waals surface area (Å²) in [6.07, 6.45) is 57.2. The van der Waals surface area contributed by atoms with Crippen molar-refractivity contribution in [2.75, 3.05) is 6.61 Å². The number of allylic oxidation sites excluding steroid dienone is 9. The van der Waals surface area contributed by atoms with Crippen LogP contribution in [0.15, 0.2) is 60.8 Å². The summed E-state index contributed by atoms with van der Waals surface area (Å²) >= 11 is 0. The molecule has 1 amide bonds. The lowest BCUT2D eigenvalue weighted by atomic mass is 10.0. The fourth-order valence-corrected chi connectivity index (χ4v) is 7.34. The third kappa shape index (κ3) is 42.1. The molecule has 0 rings (SSSR count). The van der Waals surface area contributed by atoms with E-state index in [0.717, 1.165) is 70.6 Å². The third-order valence-corrected chi connectivity index (χ3v) is 11.1. The molecule has 0 bridgehead atoms. The van der Waals surface area contributed by atoms with Crippen LogP contribution in [0.1, 0.15) is 239 Å². The Bertz CT molecular complexity index is 1060. The standard InChI is InChI=1S/C53H95NO5/c1-4-7-10-13-16-19-22-25-26-28-29-32-35-38-41-44-49(59-53(58)46-43-40-37-34-31-27-23-20-17-14-11-8-5-2)47-52(57)54-50(48-55)51(56)45-42-39-36-33-30-24-21-18-15-12-9-6-3/h7,10,16,19,25-26,29,32,38,41,49-51,55-56H,4-6,8-9,11-15,17-18,20-24,27-28,30-31,33-37,39-40,42-48H2,1-3H3,(H,54,57)/b10-7-,19-16-,26-25-,32-29-,41-38-. The number of nitrogens with one attached hydrogen (secondary N) is 1. The summed E-state index contributed by atoms with van der Waals surface area (Å²) in [7, 11) is 0. The van der Waals surface area contributed by atoms with Crippen molar-refractivity contribution in [2.45, 2.75) is 257 Å². The van der Waals surface area contributed by atoms with Crippen LogP contribution >= 0.6 is 0 Å². The van der Waals surface area contributed by atoms with E-state index < -0.39 is 18.2 Å². The van der Waals surface area contributed by atoms with E-state index in [0.29, 0.717) is 19.3 Å². The van der Waals surface area contributed by atoms with Gasteiger partial charge < -0.3 is 20.3 Å². The van der Waals surface area contributed by atoms with Gasteiger partial charge in [0.25, 0.3) is 0 Å². The van der Waals surface area contributed by atoms with Gasteiger partial charge in [-0.2, -0.15) is 0 Å². The number of aliphatic hydroxyl groups is 2. The first-order valence-electron chi connectivity index (χ1n) is 25.0. The first-order valence-corrected chi connectivity index (χ1v) is 25.0. The van der Waals surface area contributed by atoms with Crippen molar-refractivity contribution in [3.8, 4) is 0 Å². The zero-order valence-corrected chi connectivity index (χ0v) is 38.9. The van der Waals surface area contributed by atoms with E-state index >= 15 is 0 Å². The van der Waals surface area contributed by atoms with Gasteiger partial charge in [-0.1, -0.05) is 236 Å². The van der Waals surface area contributed by atoms with Crippen molar-refractivity contribution < 1.29 is 24.5 Å². The second kappa shape index (κ2) is 46.6. The molecule has 0 aliphatic heterocycles. The summed E-state index contributed by atoms with van der Waals surface area (Å²) < 4.78 is 5.86. The maximum Gasteiger partial charge on any atom is 0.306 e. The minimum atomic E-state index is -0.811. The molecule has 0 aliphatic carbocycles. The first kappa shape index (κ1) is 56.6. The SMILES string of the molecule is CC/C=C\C/C=C\C/C=C\C/C=C\C/C=C\CC(CC(=O)NC(CO)C(O)CCCCCCCCCCCCCC)OC(=O)CCCCCCCCCCCCCCC. The smallest absolute Gasteiger partial charge is 0.306 e. The van der Waals surface area contributed by atoms with Crippen LogP contribution in [0.4, 0.5) is 0 Å². The van der Waals surface area contributed by atoms with Crippen molar-refractivity contribution in [3.05, 3.63) is 60.8 Å². The molecule has 3 N–H and O–H groups in total. The fourth-order valence-electron chi connectivity index (χ4n) is 7.34. The third-order valence-electron chi connectivity index (χ3n) is 11.1. The van der Waals surface area contributed by atoms with Gasteiger partial charge in [-0.3, -0.25) is 9.59 Å². The molecule has 0 aromatic carbocycles. The number of carbonyl (C=O) groups is 2. The number of amides is 1. The minimum absolute atomic E-state index is 0.000475. The van der Waals surface area contributed by atoms with Crippen LogP contribution < -0.4 is 5.32 Å². The van der Waals surface area contributed by atoms with Crippen LogP contribution in [-0.4, -0.2) is 46.9 Å². The van der Waals surface area contributed by atoms with Gasteiger partial charge in [-0.05, 0) is 44.9 Å². The van der Waals surface area contributed by atoms with Crippen molar-refractivity contribution in [2.24, 2.45) is 0 Å². The van der Waals surface area contributed by atoms with E-state index in [1.165, 1.54) is 122 Å². The van der Waals surface area contributed by atoms with Gasteiger partial charge in [0.2, 0.25) is 5.91 Å². The van der Waals surface area contributed by atoms with Gasteiger partial charge in [-0.25, -0.2) is 0 Å². The lowest BCUT2D eigenvalue weighted by Crippen LogP contribution is -2.46. The predicted molar refractivity (Wildman–Crippen MR) is 255 cm³/mol. The number of carbonyl (C=O) groups excluding carboxylic acids is 2. The molecular weight excluding hydrogens is 731 g/mol. The van der Waals surface area contributed by atoms with E-state index in [9.17, 15) is 19.8 Å². The Morgan fingerprint density at radius 2 is 0.881 bits per heavy atom. The highest BCUT2D eigenvalue weighted by Crippen LogP contribution is 2.16. The molecule has 3 unspecified atom stereocenters. The topological polar surface area (TPSA) is 95.9 Å². The number of hydrogen-bond acceptors (Lipinski definition) is 5. The van der Waals surface area contributed by atoms with Crippen LogP contribution in [0.2, 0.25) is 0 Å². The molecule has 59 heavy (non-hydrogen) atoms. The quantitative estimate of drug-likeness (QED) is 0.0323. The predicted octanol–water partition coefficient (Wildman–Crippen LogP) is 14.8. The Morgan fingerprint density at radius 3 is 1.29 bits per heavy atom. The largest absolute Gasteiger partial charge is 0.461 e. The molecule has 6 heteroatoms. The average Bonchev–Trinajstić information content (AvgIpc) is 3.23. The number of unbranched alkanes of at least 4 members (excludes halogenated alkanes) is 23. The van der Waals surface area contributed by atoms with Crippen molar-refractivity contribution in [3.63, 3.8) is 0 Å². The fraction of sp³-hybridized carbons (Fsp3) is 0.774. The number of hydrogen-bond donors (Lipinski definition) is 3. The van der Waals surface area contributed by atoms with Gasteiger partial charge in [0.15, 0.2) is 0 Å². The summed E-state index contributed by atoms with van der Waals surface area (Å²) in [6.45, 7) is 6.33. The maximum atomic E-state index is 13.2. The van der Waals surface area contributed by atoms with Crippen molar-refractivity contribution in [1.82, 2.24) is 5.32 Å². The molecule has 0 heterocycles. The lowest BCUT2D eigenvalue weighted by Gasteiger charge is -2.24. The Labute approximate surface area is 365 Å². The van der Waals surface area contributed by atoms with Crippen LogP contribution in [0.3, 0.4) is 0 Å². The van der Waals surface area contributed by atoms with E-state index in [1.807, 2.05) is 12.2 Å². The van der Waals surface area contributed by atoms with Crippen molar-refractivity contribution in [1.29, 1.82) is 0 Å². The molecule has 0 aromatic heterocycles. The highest BCUT2D eigenvalue weighted by atomic mass is 16.5. The van der Waals surface area contributed by atoms with Crippen LogP contribution in [-0.2, 0) is 14.3 Å². The van der Waals surface area contributed by atoms with Gasteiger partial charge in [0, 0.05) is 12.8 Å². The van der Waals surface area contributed by atoms with Crippen LogP contribution in [0, 0.1) is 0 Å². The molecule has 0 fully saturated rings. The van der Waals surface area contributed by atoms with E-state index in [2.05, 4.69) is 74.7 Å². The summed E-state index contributed by atoms with van der Waals surface area (Å²) in [5.74, 6) is -0.576. The molecule has 342 valence electrons. The molecule has 0 radical (unpaired) electrons. The Morgan fingerprint density at radius 1 is 0.508 bits per heavy atom. The molecule has 0 saturated carbocycles. The zero-order chi connectivity index (χ0) is 43.1. The first-order chi connectivity index (χ1) is 29.0. The number of aliphatic hydroxyl groups excluding tert-OH is 2. The highest BCUT2D eigenvalue weighted by Gasteiger charge is 2.23. The molecule has 3 atom stereocenters.